The van der Waals surface area contributed by atoms with E-state index in [-0.39, 0.29) is 43.2 Å². The fraction of sp³-hybridized carbons (Fsp3) is 0.611. The Bertz CT molecular complexity index is 748. The first-order valence-corrected chi connectivity index (χ1v) is 9.31. The smallest absolute Gasteiger partial charge is 0.260 e. The summed E-state index contributed by atoms with van der Waals surface area (Å²) in [5, 5.41) is 4.18. The second-order valence-corrected chi connectivity index (χ2v) is 7.26. The molecule has 3 rings (SSSR count). The van der Waals surface area contributed by atoms with Gasteiger partial charge in [-0.1, -0.05) is 12.8 Å². The van der Waals surface area contributed by atoms with Crippen molar-refractivity contribution >= 4 is 23.6 Å². The molecule has 146 valence electrons. The van der Waals surface area contributed by atoms with E-state index in [2.05, 4.69) is 16.0 Å². The lowest BCUT2D eigenvalue weighted by Crippen LogP contribution is -2.44. The fourth-order valence-corrected chi connectivity index (χ4v) is 3.88. The SMILES string of the molecule is Cc1cc(C)n(CC(=O)NNC(=O)CCN2C(=O)[C@@H]3CCCC[C@H]3C2=O)n1. The Balaban J connectivity index is 1.43. The quantitative estimate of drug-likeness (QED) is 0.564. The molecule has 0 aromatic carbocycles. The highest BCUT2D eigenvalue weighted by molar-refractivity contribution is 6.05. The van der Waals surface area contributed by atoms with Crippen LogP contribution in [-0.2, 0) is 25.7 Å². The van der Waals surface area contributed by atoms with E-state index in [1.54, 1.807) is 4.68 Å². The molecule has 1 saturated heterocycles. The third-order valence-corrected chi connectivity index (χ3v) is 5.23. The van der Waals surface area contributed by atoms with E-state index in [0.717, 1.165) is 37.1 Å². The monoisotopic (exact) mass is 375 g/mol. The average Bonchev–Trinajstić information content (AvgIpc) is 3.08. The van der Waals surface area contributed by atoms with Gasteiger partial charge < -0.3 is 0 Å². The molecule has 9 nitrogen and oxygen atoms in total. The molecule has 1 saturated carbocycles. The number of amides is 4. The molecule has 0 unspecified atom stereocenters. The van der Waals surface area contributed by atoms with Crippen molar-refractivity contribution in [3.63, 3.8) is 0 Å². The summed E-state index contributed by atoms with van der Waals surface area (Å²) in [5.74, 6) is -1.61. The molecule has 0 bridgehead atoms. The van der Waals surface area contributed by atoms with Crippen molar-refractivity contribution < 1.29 is 19.2 Å². The van der Waals surface area contributed by atoms with Crippen LogP contribution in [0.3, 0.4) is 0 Å². The Hall–Kier alpha value is -2.71. The van der Waals surface area contributed by atoms with Gasteiger partial charge in [0.1, 0.15) is 6.54 Å². The summed E-state index contributed by atoms with van der Waals surface area (Å²) in [6.07, 6.45) is 3.39. The van der Waals surface area contributed by atoms with Gasteiger partial charge in [0.2, 0.25) is 17.7 Å². The minimum absolute atomic E-state index is 0.00753. The first kappa shape index (κ1) is 19.1. The molecule has 1 aliphatic heterocycles. The molecule has 2 aliphatic rings. The zero-order chi connectivity index (χ0) is 19.6. The second-order valence-electron chi connectivity index (χ2n) is 7.26. The molecular weight excluding hydrogens is 350 g/mol. The third kappa shape index (κ3) is 4.17. The number of nitrogens with one attached hydrogen (secondary N) is 2. The molecule has 2 heterocycles. The number of carbonyl (C=O) groups is 4. The van der Waals surface area contributed by atoms with Crippen molar-refractivity contribution in [2.45, 2.75) is 52.5 Å². The van der Waals surface area contributed by atoms with E-state index in [9.17, 15) is 19.2 Å². The van der Waals surface area contributed by atoms with E-state index in [4.69, 9.17) is 0 Å². The van der Waals surface area contributed by atoms with Gasteiger partial charge in [-0.3, -0.25) is 39.6 Å². The van der Waals surface area contributed by atoms with Gasteiger partial charge in [-0.25, -0.2) is 0 Å². The van der Waals surface area contributed by atoms with Gasteiger partial charge in [0, 0.05) is 18.7 Å². The second kappa shape index (κ2) is 7.89. The molecule has 1 aromatic heterocycles. The van der Waals surface area contributed by atoms with Gasteiger partial charge in [0.25, 0.3) is 5.91 Å². The van der Waals surface area contributed by atoms with Crippen molar-refractivity contribution in [3.8, 4) is 0 Å². The van der Waals surface area contributed by atoms with E-state index in [1.165, 1.54) is 4.90 Å². The minimum atomic E-state index is -0.452. The number of fused-ring (bicyclic) bond motifs is 1. The van der Waals surface area contributed by atoms with Gasteiger partial charge in [0.15, 0.2) is 0 Å². The summed E-state index contributed by atoms with van der Waals surface area (Å²) in [4.78, 5) is 49.8. The normalized spacial score (nSPS) is 21.9. The maximum atomic E-state index is 12.4. The molecule has 0 spiro atoms. The molecular formula is C18H25N5O4. The Morgan fingerprint density at radius 3 is 2.22 bits per heavy atom. The van der Waals surface area contributed by atoms with E-state index in [1.807, 2.05) is 19.9 Å². The van der Waals surface area contributed by atoms with Gasteiger partial charge in [-0.05, 0) is 32.8 Å². The van der Waals surface area contributed by atoms with Crippen LogP contribution in [0.2, 0.25) is 0 Å². The minimum Gasteiger partial charge on any atom is -0.282 e. The first-order valence-electron chi connectivity index (χ1n) is 9.31. The van der Waals surface area contributed by atoms with Crippen LogP contribution in [0.5, 0.6) is 0 Å². The van der Waals surface area contributed by atoms with Crippen LogP contribution in [0.15, 0.2) is 6.07 Å². The number of hydrogen-bond donors (Lipinski definition) is 2. The van der Waals surface area contributed by atoms with Crippen molar-refractivity contribution in [2.24, 2.45) is 11.8 Å². The molecule has 0 radical (unpaired) electrons. The molecule has 9 heteroatoms. The number of carbonyl (C=O) groups excluding carboxylic acids is 4. The number of aryl methyl sites for hydroxylation is 2. The highest BCUT2D eigenvalue weighted by Gasteiger charge is 2.47. The van der Waals surface area contributed by atoms with Crippen LogP contribution in [-0.4, -0.2) is 44.9 Å². The molecule has 2 N–H and O–H groups in total. The fourth-order valence-electron chi connectivity index (χ4n) is 3.88. The van der Waals surface area contributed by atoms with Gasteiger partial charge in [-0.15, -0.1) is 0 Å². The largest absolute Gasteiger partial charge is 0.282 e. The van der Waals surface area contributed by atoms with Crippen molar-refractivity contribution in [3.05, 3.63) is 17.5 Å². The van der Waals surface area contributed by atoms with E-state index >= 15 is 0 Å². The Morgan fingerprint density at radius 1 is 1.07 bits per heavy atom. The summed E-state index contributed by atoms with van der Waals surface area (Å²) >= 11 is 0. The lowest BCUT2D eigenvalue weighted by atomic mass is 9.81. The first-order chi connectivity index (χ1) is 12.9. The van der Waals surface area contributed by atoms with Crippen molar-refractivity contribution in [1.82, 2.24) is 25.5 Å². The van der Waals surface area contributed by atoms with Crippen molar-refractivity contribution in [2.75, 3.05) is 6.54 Å². The molecule has 2 atom stereocenters. The molecule has 1 aliphatic carbocycles. The average molecular weight is 375 g/mol. The van der Waals surface area contributed by atoms with E-state index in [0.29, 0.717) is 0 Å². The summed E-state index contributed by atoms with van der Waals surface area (Å²) < 4.78 is 1.54. The van der Waals surface area contributed by atoms with Crippen LogP contribution in [0.25, 0.3) is 0 Å². The van der Waals surface area contributed by atoms with Gasteiger partial charge in [-0.2, -0.15) is 5.10 Å². The number of aromatic nitrogens is 2. The number of hydrogen-bond acceptors (Lipinski definition) is 5. The molecule has 2 fully saturated rings. The maximum absolute atomic E-state index is 12.4. The van der Waals surface area contributed by atoms with Crippen LogP contribution >= 0.6 is 0 Å². The lowest BCUT2D eigenvalue weighted by Gasteiger charge is -2.19. The zero-order valence-corrected chi connectivity index (χ0v) is 15.7. The molecule has 27 heavy (non-hydrogen) atoms. The van der Waals surface area contributed by atoms with Crippen LogP contribution in [0, 0.1) is 25.7 Å². The predicted molar refractivity (Wildman–Crippen MR) is 94.8 cm³/mol. The van der Waals surface area contributed by atoms with Gasteiger partial charge in [0.05, 0.1) is 17.5 Å². The number of nitrogens with zero attached hydrogens (tertiary/aromatic N) is 3. The third-order valence-electron chi connectivity index (χ3n) is 5.23. The lowest BCUT2D eigenvalue weighted by molar-refractivity contribution is -0.140. The van der Waals surface area contributed by atoms with Crippen molar-refractivity contribution in [1.29, 1.82) is 0 Å². The summed E-state index contributed by atoms with van der Waals surface area (Å²) in [6, 6.07) is 1.85. The maximum Gasteiger partial charge on any atom is 0.260 e. The number of imide groups is 1. The van der Waals surface area contributed by atoms with E-state index < -0.39 is 11.8 Å². The highest BCUT2D eigenvalue weighted by Crippen LogP contribution is 2.37. The Morgan fingerprint density at radius 2 is 1.67 bits per heavy atom. The molecule has 4 amide bonds. The summed E-state index contributed by atoms with van der Waals surface area (Å²) in [7, 11) is 0. The van der Waals surface area contributed by atoms with Crippen LogP contribution in [0.4, 0.5) is 0 Å². The zero-order valence-electron chi connectivity index (χ0n) is 15.7. The topological polar surface area (TPSA) is 113 Å². The standard InChI is InChI=1S/C18H25N5O4/c1-11-9-12(2)23(21-11)10-16(25)20-19-15(24)7-8-22-17(26)13-5-3-4-6-14(13)18(22)27/h9,13-14H,3-8,10H2,1-2H3,(H,19,24)(H,20,25)/t13-,14-/m1/s1. The predicted octanol–water partition coefficient (Wildman–Crippen LogP) is 0.213. The van der Waals surface area contributed by atoms with Crippen LogP contribution < -0.4 is 10.9 Å². The summed E-state index contributed by atoms with van der Waals surface area (Å²) in [5.41, 5.74) is 6.30. The molecule has 1 aromatic rings. The van der Waals surface area contributed by atoms with Crippen LogP contribution in [0.1, 0.15) is 43.5 Å². The number of rotatable bonds is 5. The highest BCUT2D eigenvalue weighted by atomic mass is 16.2. The number of hydrazine groups is 1. The van der Waals surface area contributed by atoms with Gasteiger partial charge >= 0.3 is 0 Å². The number of likely N-dealkylation sites (tertiary alicyclic amines) is 1. The summed E-state index contributed by atoms with van der Waals surface area (Å²) in [6.45, 7) is 3.71. The Kier molecular flexibility index (Phi) is 5.57. The Labute approximate surface area is 157 Å².